The van der Waals surface area contributed by atoms with E-state index in [0.29, 0.717) is 0 Å². The number of isothiocyanates is 2. The third-order valence-corrected chi connectivity index (χ3v) is 2.40. The summed E-state index contributed by atoms with van der Waals surface area (Å²) < 4.78 is 0. The Labute approximate surface area is 151 Å². The molecule has 9 nitrogen and oxygen atoms in total. The Morgan fingerprint density at radius 3 is 0.864 bits per heavy atom. The van der Waals surface area contributed by atoms with Crippen LogP contribution in [0, 0.1) is 0 Å². The average Bonchev–Trinajstić information content (AvgIpc) is 2.43. The first-order chi connectivity index (χ1) is 9.73. The topological polar surface area (TPSA) is 131 Å². The first-order valence-corrected chi connectivity index (χ1v) is 6.36. The molecule has 0 amide bonds. The molecule has 5 N–H and O–H groups in total. The molecule has 4 aliphatic heterocycles. The van der Waals surface area contributed by atoms with Gasteiger partial charge in [0.05, 0.1) is 40.0 Å². The molecule has 0 saturated carbocycles. The second-order valence-electron chi connectivity index (χ2n) is 3.71. The van der Waals surface area contributed by atoms with Crippen molar-refractivity contribution in [3.8, 4) is 0 Å². The van der Waals surface area contributed by atoms with E-state index in [-0.39, 0.29) is 22.0 Å². The average molecular weight is 398 g/mol. The van der Waals surface area contributed by atoms with Gasteiger partial charge in [0, 0.05) is 14.2 Å². The van der Waals surface area contributed by atoms with Gasteiger partial charge >= 0.3 is 16.5 Å². The van der Waals surface area contributed by atoms with E-state index in [2.05, 4.69) is 44.0 Å². The van der Waals surface area contributed by atoms with Crippen molar-refractivity contribution >= 4 is 34.8 Å². The van der Waals surface area contributed by atoms with Gasteiger partial charge in [-0.3, -0.25) is 19.6 Å². The van der Waals surface area contributed by atoms with Crippen molar-refractivity contribution in [3.63, 3.8) is 0 Å². The summed E-state index contributed by atoms with van der Waals surface area (Å²) in [6, 6.07) is 0. The Morgan fingerprint density at radius 1 is 0.682 bits per heavy atom. The molecular weight excluding hydrogens is 375 g/mol. The van der Waals surface area contributed by atoms with Gasteiger partial charge in [-0.2, -0.15) is 10.3 Å². The van der Waals surface area contributed by atoms with Crippen molar-refractivity contribution in [1.29, 1.82) is 0 Å². The number of aliphatic hydroxyl groups excluding tert-OH is 2. The Morgan fingerprint density at radius 2 is 0.773 bits per heavy atom. The van der Waals surface area contributed by atoms with Gasteiger partial charge in [0.2, 0.25) is 0 Å². The number of thiocarbonyl (C=S) groups is 2. The zero-order valence-corrected chi connectivity index (χ0v) is 15.2. The quantitative estimate of drug-likeness (QED) is 0.220. The van der Waals surface area contributed by atoms with Gasteiger partial charge in [-0.1, -0.05) is 24.4 Å². The van der Waals surface area contributed by atoms with Crippen molar-refractivity contribution in [2.24, 2.45) is 0 Å². The normalized spacial score (nSPS) is 27.5. The van der Waals surface area contributed by atoms with Gasteiger partial charge in [-0.15, -0.1) is 0 Å². The fourth-order valence-corrected chi connectivity index (χ4v) is 2.23. The molecule has 22 heavy (non-hydrogen) atoms. The molecule has 4 heterocycles. The SMILES string of the molecule is C1N2CN3CN1CN(C2)C3.CO.CO.[N-]=C=S.[N-]=C=S.[Ni+3].[OH3+]. The number of nitrogens with zero attached hydrogens (tertiary/aromatic N) is 6. The van der Waals surface area contributed by atoms with Gasteiger partial charge < -0.3 is 26.5 Å². The van der Waals surface area contributed by atoms with Gasteiger partial charge in [0.25, 0.3) is 0 Å². The third-order valence-electron chi connectivity index (χ3n) is 2.40. The molecule has 4 aliphatic rings. The van der Waals surface area contributed by atoms with Gasteiger partial charge in [-0.05, 0) is 0 Å². The summed E-state index contributed by atoms with van der Waals surface area (Å²) in [7, 11) is 2.00. The smallest absolute Gasteiger partial charge is 0.753 e. The maximum absolute atomic E-state index is 7.13. The van der Waals surface area contributed by atoms with E-state index in [1.807, 2.05) is 0 Å². The molecule has 12 heteroatoms. The molecule has 0 aliphatic carbocycles. The van der Waals surface area contributed by atoms with E-state index in [4.69, 9.17) is 21.0 Å². The van der Waals surface area contributed by atoms with Gasteiger partial charge in [-0.25, -0.2) is 0 Å². The molecule has 4 bridgehead atoms. The predicted molar refractivity (Wildman–Crippen MR) is 89.6 cm³/mol. The molecule has 4 fully saturated rings. The van der Waals surface area contributed by atoms with Crippen LogP contribution in [0.1, 0.15) is 0 Å². The maximum atomic E-state index is 7.13. The van der Waals surface area contributed by atoms with Crippen LogP contribution in [0.25, 0.3) is 10.8 Å². The summed E-state index contributed by atoms with van der Waals surface area (Å²) in [6.07, 6.45) is 0. The zero-order valence-electron chi connectivity index (χ0n) is 12.5. The molecule has 0 unspecified atom stereocenters. The van der Waals surface area contributed by atoms with E-state index in [9.17, 15) is 0 Å². The minimum Gasteiger partial charge on any atom is -0.753 e. The Hall–Kier alpha value is -0.186. The molecule has 0 atom stereocenters. The molecule has 4 rings (SSSR count). The van der Waals surface area contributed by atoms with E-state index in [1.165, 1.54) is 50.3 Å². The minimum atomic E-state index is 0. The Bertz CT molecular complexity index is 247. The zero-order chi connectivity index (χ0) is 16.0. The first-order valence-electron chi connectivity index (χ1n) is 5.54. The minimum absolute atomic E-state index is 0. The fourth-order valence-electron chi connectivity index (χ4n) is 2.23. The largest absolute Gasteiger partial charge is 3.00 e. The van der Waals surface area contributed by atoms with Crippen LogP contribution < -0.4 is 0 Å². The molecule has 1 radical (unpaired) electrons. The number of aliphatic hydroxyl groups is 2. The Balaban J connectivity index is -0.000000118. The molecule has 0 aromatic rings. The van der Waals surface area contributed by atoms with Crippen LogP contribution in [0.4, 0.5) is 0 Å². The monoisotopic (exact) mass is 397 g/mol. The van der Waals surface area contributed by atoms with Crippen molar-refractivity contribution in [2.45, 2.75) is 0 Å². The van der Waals surface area contributed by atoms with E-state index in [0.717, 1.165) is 14.2 Å². The summed E-state index contributed by atoms with van der Waals surface area (Å²) in [5, 5.41) is 30.9. The summed E-state index contributed by atoms with van der Waals surface area (Å²) in [5.74, 6) is 0. The van der Waals surface area contributed by atoms with Crippen molar-refractivity contribution in [1.82, 2.24) is 19.6 Å². The summed E-state index contributed by atoms with van der Waals surface area (Å²) >= 11 is 7.40. The van der Waals surface area contributed by atoms with Crippen molar-refractivity contribution < 1.29 is 32.2 Å². The second-order valence-corrected chi connectivity index (χ2v) is 4.08. The number of hydrogen-bond donors (Lipinski definition) is 2. The van der Waals surface area contributed by atoms with Gasteiger partial charge in [0.1, 0.15) is 0 Å². The molecule has 131 valence electrons. The number of hydrogen-bond acceptors (Lipinski definition) is 8. The van der Waals surface area contributed by atoms with Crippen LogP contribution >= 0.6 is 24.4 Å². The standard InChI is InChI=1S/C6H12N4.2CNS.2CH4O.Ni.H2O/c1-7-2-9-4-8(1)5-10(3-7)6-9;2*2-1-3;2*1-2;;/h1-6H2;;;2*2H,1H3;;1H2/q;2*-1;;;+3;/p+1. The molecule has 0 aromatic carbocycles. The fraction of sp³-hybridized carbons (Fsp3) is 0.800. The van der Waals surface area contributed by atoms with E-state index in [1.54, 1.807) is 0 Å². The maximum Gasteiger partial charge on any atom is 3.00 e. The molecule has 0 aromatic heterocycles. The van der Waals surface area contributed by atoms with Crippen LogP contribution in [-0.4, -0.2) is 94.4 Å². The van der Waals surface area contributed by atoms with E-state index < -0.39 is 0 Å². The van der Waals surface area contributed by atoms with Crippen molar-refractivity contribution in [3.05, 3.63) is 10.8 Å². The van der Waals surface area contributed by atoms with Crippen molar-refractivity contribution in [2.75, 3.05) is 54.2 Å². The molecular formula is C10H23N6NiO3S2+2. The predicted octanol–water partition coefficient (Wildman–Crippen LogP) is -1.41. The van der Waals surface area contributed by atoms with Crippen LogP contribution in [0.5, 0.6) is 0 Å². The number of rotatable bonds is 0. The van der Waals surface area contributed by atoms with Crippen LogP contribution in [0.15, 0.2) is 0 Å². The van der Waals surface area contributed by atoms with Crippen LogP contribution in [0.3, 0.4) is 0 Å². The van der Waals surface area contributed by atoms with Crippen LogP contribution in [0.2, 0.25) is 0 Å². The summed E-state index contributed by atoms with van der Waals surface area (Å²) in [6.45, 7) is 7.12. The third kappa shape index (κ3) is 12.4. The summed E-state index contributed by atoms with van der Waals surface area (Å²) in [5.41, 5.74) is 0. The summed E-state index contributed by atoms with van der Waals surface area (Å²) in [4.78, 5) is 9.88. The van der Waals surface area contributed by atoms with Gasteiger partial charge in [0.15, 0.2) is 0 Å². The first kappa shape index (κ1) is 29.8. The second kappa shape index (κ2) is 20.8. The van der Waals surface area contributed by atoms with Crippen LogP contribution in [-0.2, 0) is 22.0 Å². The molecule has 0 spiro atoms. The van der Waals surface area contributed by atoms with E-state index >= 15 is 0 Å². The Kier molecular flexibility index (Phi) is 28.2. The molecule has 4 saturated heterocycles.